The second-order valence-electron chi connectivity index (χ2n) is 6.27. The zero-order chi connectivity index (χ0) is 20.3. The standard InChI is InChI=1S/C23H26N4O2.HI/c1-3-14-28-21-13-9-8-12-19(21)15-25-23(24-4-2)26-16-20-17-29-22(27-20)18-10-6-5-7-11-18;/h3,5-13,17H,1,4,14-16H2,2H3,(H2,24,25,26);1H. The number of aliphatic imine (C=N–C) groups is 1. The molecule has 0 aliphatic carbocycles. The number of para-hydroxylation sites is 1. The average Bonchev–Trinajstić information content (AvgIpc) is 3.24. The van der Waals surface area contributed by atoms with Crippen molar-refractivity contribution in [1.82, 2.24) is 15.6 Å². The Morgan fingerprint density at radius 3 is 2.67 bits per heavy atom. The van der Waals surface area contributed by atoms with Crippen molar-refractivity contribution in [3.05, 3.63) is 84.8 Å². The lowest BCUT2D eigenvalue weighted by Crippen LogP contribution is -2.36. The number of oxazole rings is 1. The van der Waals surface area contributed by atoms with E-state index in [2.05, 4.69) is 27.2 Å². The van der Waals surface area contributed by atoms with Gasteiger partial charge in [-0.25, -0.2) is 9.98 Å². The number of hydrogen-bond donors (Lipinski definition) is 2. The molecule has 158 valence electrons. The minimum Gasteiger partial charge on any atom is -0.489 e. The molecule has 7 heteroatoms. The summed E-state index contributed by atoms with van der Waals surface area (Å²) in [6, 6.07) is 17.7. The van der Waals surface area contributed by atoms with Crippen LogP contribution in [0, 0.1) is 0 Å². The third-order valence-corrected chi connectivity index (χ3v) is 4.09. The van der Waals surface area contributed by atoms with Gasteiger partial charge in [-0.05, 0) is 25.1 Å². The molecule has 0 saturated heterocycles. The van der Waals surface area contributed by atoms with Crippen molar-refractivity contribution in [2.75, 3.05) is 13.2 Å². The highest BCUT2D eigenvalue weighted by Crippen LogP contribution is 2.19. The summed E-state index contributed by atoms with van der Waals surface area (Å²) in [7, 11) is 0. The molecule has 0 bridgehead atoms. The summed E-state index contributed by atoms with van der Waals surface area (Å²) in [6.07, 6.45) is 3.39. The van der Waals surface area contributed by atoms with Crippen molar-refractivity contribution < 1.29 is 9.15 Å². The minimum atomic E-state index is 0. The van der Waals surface area contributed by atoms with Crippen molar-refractivity contribution in [1.29, 1.82) is 0 Å². The molecule has 1 heterocycles. The quantitative estimate of drug-likeness (QED) is 0.185. The van der Waals surface area contributed by atoms with Crippen LogP contribution in [0.5, 0.6) is 5.75 Å². The normalized spacial score (nSPS) is 10.8. The number of nitrogens with zero attached hydrogens (tertiary/aromatic N) is 2. The Kier molecular flexibility index (Phi) is 9.93. The zero-order valence-corrected chi connectivity index (χ0v) is 19.3. The Bertz CT molecular complexity index is 941. The highest BCUT2D eigenvalue weighted by atomic mass is 127. The average molecular weight is 518 g/mol. The van der Waals surface area contributed by atoms with E-state index >= 15 is 0 Å². The molecule has 0 amide bonds. The maximum absolute atomic E-state index is 5.70. The van der Waals surface area contributed by atoms with Crippen molar-refractivity contribution >= 4 is 29.9 Å². The van der Waals surface area contributed by atoms with E-state index in [9.17, 15) is 0 Å². The van der Waals surface area contributed by atoms with Crippen LogP contribution in [0.3, 0.4) is 0 Å². The maximum Gasteiger partial charge on any atom is 0.226 e. The first-order chi connectivity index (χ1) is 14.3. The fourth-order valence-corrected chi connectivity index (χ4v) is 2.71. The monoisotopic (exact) mass is 518 g/mol. The Morgan fingerprint density at radius 1 is 1.13 bits per heavy atom. The third-order valence-electron chi connectivity index (χ3n) is 4.09. The predicted molar refractivity (Wildman–Crippen MR) is 131 cm³/mol. The summed E-state index contributed by atoms with van der Waals surface area (Å²) in [4.78, 5) is 9.20. The van der Waals surface area contributed by atoms with Gasteiger partial charge in [0.2, 0.25) is 5.89 Å². The van der Waals surface area contributed by atoms with Gasteiger partial charge in [-0.15, -0.1) is 24.0 Å². The Hall–Kier alpha value is -2.81. The largest absolute Gasteiger partial charge is 0.489 e. The van der Waals surface area contributed by atoms with Gasteiger partial charge in [-0.1, -0.05) is 49.1 Å². The van der Waals surface area contributed by atoms with Crippen molar-refractivity contribution in [3.63, 3.8) is 0 Å². The maximum atomic E-state index is 5.70. The van der Waals surface area contributed by atoms with E-state index < -0.39 is 0 Å². The van der Waals surface area contributed by atoms with E-state index in [0.29, 0.717) is 31.5 Å². The second kappa shape index (κ2) is 12.7. The van der Waals surface area contributed by atoms with Crippen LogP contribution in [0.25, 0.3) is 11.5 Å². The smallest absolute Gasteiger partial charge is 0.226 e. The number of hydrogen-bond acceptors (Lipinski definition) is 4. The third kappa shape index (κ3) is 6.91. The van der Waals surface area contributed by atoms with Gasteiger partial charge >= 0.3 is 0 Å². The van der Waals surface area contributed by atoms with Gasteiger partial charge in [0.05, 0.1) is 18.8 Å². The van der Waals surface area contributed by atoms with E-state index in [1.807, 2.05) is 61.5 Å². The summed E-state index contributed by atoms with van der Waals surface area (Å²) < 4.78 is 11.3. The first kappa shape index (κ1) is 23.5. The van der Waals surface area contributed by atoms with Crippen LogP contribution in [0.2, 0.25) is 0 Å². The van der Waals surface area contributed by atoms with Crippen molar-refractivity contribution in [3.8, 4) is 17.2 Å². The van der Waals surface area contributed by atoms with Gasteiger partial charge in [0, 0.05) is 17.7 Å². The van der Waals surface area contributed by atoms with Gasteiger partial charge in [-0.2, -0.15) is 0 Å². The molecule has 3 aromatic rings. The molecule has 0 aliphatic heterocycles. The first-order valence-electron chi connectivity index (χ1n) is 9.63. The summed E-state index contributed by atoms with van der Waals surface area (Å²) in [6.45, 7) is 7.95. The SMILES string of the molecule is C=CCOc1ccccc1CN=C(NCC)NCc1coc(-c2ccccc2)n1.I. The summed E-state index contributed by atoms with van der Waals surface area (Å²) >= 11 is 0. The Balaban J connectivity index is 0.00000320. The highest BCUT2D eigenvalue weighted by molar-refractivity contribution is 14.0. The molecule has 0 aliphatic rings. The van der Waals surface area contributed by atoms with E-state index in [1.165, 1.54) is 0 Å². The van der Waals surface area contributed by atoms with Crippen LogP contribution in [0.1, 0.15) is 18.2 Å². The van der Waals surface area contributed by atoms with E-state index in [-0.39, 0.29) is 24.0 Å². The molecule has 0 unspecified atom stereocenters. The van der Waals surface area contributed by atoms with Crippen LogP contribution in [0.15, 0.2) is 82.9 Å². The number of guanidine groups is 1. The number of halogens is 1. The summed E-state index contributed by atoms with van der Waals surface area (Å²) in [5, 5.41) is 6.54. The Morgan fingerprint density at radius 2 is 1.90 bits per heavy atom. The van der Waals surface area contributed by atoms with Crippen LogP contribution < -0.4 is 15.4 Å². The lowest BCUT2D eigenvalue weighted by atomic mass is 10.2. The lowest BCUT2D eigenvalue weighted by Gasteiger charge is -2.12. The lowest BCUT2D eigenvalue weighted by molar-refractivity contribution is 0.359. The molecule has 6 nitrogen and oxygen atoms in total. The van der Waals surface area contributed by atoms with E-state index in [0.717, 1.165) is 29.1 Å². The van der Waals surface area contributed by atoms with Gasteiger partial charge in [0.1, 0.15) is 18.6 Å². The molecule has 0 saturated carbocycles. The molecule has 2 N–H and O–H groups in total. The van der Waals surface area contributed by atoms with Crippen molar-refractivity contribution in [2.45, 2.75) is 20.0 Å². The van der Waals surface area contributed by atoms with Crippen LogP contribution >= 0.6 is 24.0 Å². The van der Waals surface area contributed by atoms with Gasteiger partial charge < -0.3 is 19.8 Å². The fraction of sp³-hybridized carbons (Fsp3) is 0.217. The number of nitrogens with one attached hydrogen (secondary N) is 2. The van der Waals surface area contributed by atoms with E-state index in [4.69, 9.17) is 9.15 Å². The summed E-state index contributed by atoms with van der Waals surface area (Å²) in [5.74, 6) is 2.13. The van der Waals surface area contributed by atoms with E-state index in [1.54, 1.807) is 12.3 Å². The molecule has 0 spiro atoms. The Labute approximate surface area is 194 Å². The zero-order valence-electron chi connectivity index (χ0n) is 17.0. The van der Waals surface area contributed by atoms with Crippen LogP contribution in [-0.4, -0.2) is 24.1 Å². The van der Waals surface area contributed by atoms with Gasteiger partial charge in [0.25, 0.3) is 0 Å². The number of ether oxygens (including phenoxy) is 1. The number of benzene rings is 2. The molecule has 0 radical (unpaired) electrons. The van der Waals surface area contributed by atoms with Crippen LogP contribution in [-0.2, 0) is 13.1 Å². The molecular weight excluding hydrogens is 491 g/mol. The van der Waals surface area contributed by atoms with Gasteiger partial charge in [0.15, 0.2) is 5.96 Å². The molecular formula is C23H27IN4O2. The fourth-order valence-electron chi connectivity index (χ4n) is 2.71. The van der Waals surface area contributed by atoms with Crippen molar-refractivity contribution in [2.24, 2.45) is 4.99 Å². The summed E-state index contributed by atoms with van der Waals surface area (Å²) in [5.41, 5.74) is 2.78. The molecule has 2 aromatic carbocycles. The van der Waals surface area contributed by atoms with Crippen LogP contribution in [0.4, 0.5) is 0 Å². The molecule has 3 rings (SSSR count). The number of rotatable bonds is 9. The predicted octanol–water partition coefficient (Wildman–Crippen LogP) is 4.78. The number of aromatic nitrogens is 1. The molecule has 0 atom stereocenters. The first-order valence-corrected chi connectivity index (χ1v) is 9.63. The molecule has 30 heavy (non-hydrogen) atoms. The minimum absolute atomic E-state index is 0. The molecule has 0 fully saturated rings. The highest BCUT2D eigenvalue weighted by Gasteiger charge is 2.07. The second-order valence-corrected chi connectivity index (χ2v) is 6.27. The topological polar surface area (TPSA) is 71.7 Å². The van der Waals surface area contributed by atoms with Gasteiger partial charge in [-0.3, -0.25) is 0 Å². The molecule has 1 aromatic heterocycles.